The molecule has 24 heavy (non-hydrogen) atoms. The molecule has 1 aliphatic heterocycles. The van der Waals surface area contributed by atoms with Gasteiger partial charge in [-0.1, -0.05) is 0 Å². The molecule has 1 aliphatic rings. The second-order valence-corrected chi connectivity index (χ2v) is 5.52. The highest BCUT2D eigenvalue weighted by Gasteiger charge is 2.55. The van der Waals surface area contributed by atoms with E-state index >= 15 is 0 Å². The SMILES string of the molecule is CC(=O)NC1C(O)C[C@](OCCN)(C(=O)O)OC1C(O)C(O)CO. The smallest absolute Gasteiger partial charge is 0.364 e. The number of carbonyl (C=O) groups excluding carboxylic acids is 1. The molecule has 0 radical (unpaired) electrons. The van der Waals surface area contributed by atoms with Gasteiger partial charge in [-0.2, -0.15) is 0 Å². The van der Waals surface area contributed by atoms with Crippen LogP contribution in [0.15, 0.2) is 0 Å². The Hall–Kier alpha value is -1.34. The summed E-state index contributed by atoms with van der Waals surface area (Å²) in [6.07, 6.45) is -7.01. The highest BCUT2D eigenvalue weighted by Crippen LogP contribution is 2.33. The van der Waals surface area contributed by atoms with Crippen LogP contribution in [-0.2, 0) is 19.1 Å². The van der Waals surface area contributed by atoms with E-state index in [9.17, 15) is 30.0 Å². The Kier molecular flexibility index (Phi) is 7.48. The minimum absolute atomic E-state index is 0.0178. The average Bonchev–Trinajstić information content (AvgIpc) is 2.53. The lowest BCUT2D eigenvalue weighted by molar-refractivity contribution is -0.310. The number of amides is 1. The van der Waals surface area contributed by atoms with Crippen molar-refractivity contribution in [1.82, 2.24) is 5.32 Å². The molecule has 0 aromatic rings. The third kappa shape index (κ3) is 4.60. The number of nitrogens with one attached hydrogen (secondary N) is 1. The van der Waals surface area contributed by atoms with Gasteiger partial charge in [-0.3, -0.25) is 4.79 Å². The summed E-state index contributed by atoms with van der Waals surface area (Å²) < 4.78 is 10.5. The normalized spacial score (nSPS) is 32.8. The number of carboxylic acids is 1. The van der Waals surface area contributed by atoms with Crippen LogP contribution in [0.3, 0.4) is 0 Å². The lowest BCUT2D eigenvalue weighted by atomic mass is 9.88. The fourth-order valence-corrected chi connectivity index (χ4v) is 2.50. The number of hydrogen-bond acceptors (Lipinski definition) is 9. The molecule has 1 amide bonds. The Balaban J connectivity index is 3.16. The summed E-state index contributed by atoms with van der Waals surface area (Å²) in [5, 5.41) is 50.7. The van der Waals surface area contributed by atoms with E-state index < -0.39 is 61.1 Å². The molecule has 11 nitrogen and oxygen atoms in total. The molecule has 140 valence electrons. The lowest BCUT2D eigenvalue weighted by Crippen LogP contribution is -2.68. The first-order chi connectivity index (χ1) is 11.2. The zero-order valence-electron chi connectivity index (χ0n) is 13.2. The molecule has 0 aromatic heterocycles. The van der Waals surface area contributed by atoms with E-state index in [1.165, 1.54) is 0 Å². The largest absolute Gasteiger partial charge is 0.477 e. The average molecular weight is 352 g/mol. The van der Waals surface area contributed by atoms with Gasteiger partial charge in [-0.05, 0) is 0 Å². The quantitative estimate of drug-likeness (QED) is 0.227. The highest BCUT2D eigenvalue weighted by atomic mass is 16.7. The molecule has 8 N–H and O–H groups in total. The predicted molar refractivity (Wildman–Crippen MR) is 77.6 cm³/mol. The van der Waals surface area contributed by atoms with Crippen molar-refractivity contribution < 1.29 is 44.6 Å². The number of aliphatic hydroxyl groups is 4. The molecule has 0 aromatic carbocycles. The summed E-state index contributed by atoms with van der Waals surface area (Å²) in [6.45, 7) is 0.0987. The number of aliphatic hydroxyl groups excluding tert-OH is 4. The van der Waals surface area contributed by atoms with Gasteiger partial charge < -0.3 is 46.1 Å². The maximum Gasteiger partial charge on any atom is 0.364 e. The van der Waals surface area contributed by atoms with Crippen molar-refractivity contribution in [3.8, 4) is 0 Å². The number of ether oxygens (including phenoxy) is 2. The lowest BCUT2D eigenvalue weighted by Gasteiger charge is -2.46. The molecule has 0 saturated carbocycles. The third-order valence-electron chi connectivity index (χ3n) is 3.64. The van der Waals surface area contributed by atoms with Gasteiger partial charge in [0.2, 0.25) is 5.91 Å². The molecule has 6 atom stereocenters. The minimum atomic E-state index is -2.31. The van der Waals surface area contributed by atoms with E-state index in [4.69, 9.17) is 20.3 Å². The molecule has 5 unspecified atom stereocenters. The summed E-state index contributed by atoms with van der Waals surface area (Å²) in [6, 6.07) is -1.22. The van der Waals surface area contributed by atoms with Crippen LogP contribution in [0.4, 0.5) is 0 Å². The van der Waals surface area contributed by atoms with Crippen molar-refractivity contribution in [2.45, 2.75) is 49.6 Å². The molecule has 1 saturated heterocycles. The zero-order chi connectivity index (χ0) is 18.5. The highest BCUT2D eigenvalue weighted by molar-refractivity contribution is 5.76. The van der Waals surface area contributed by atoms with Gasteiger partial charge in [-0.15, -0.1) is 0 Å². The summed E-state index contributed by atoms with van der Waals surface area (Å²) in [4.78, 5) is 22.9. The summed E-state index contributed by atoms with van der Waals surface area (Å²) >= 11 is 0. The third-order valence-corrected chi connectivity index (χ3v) is 3.64. The van der Waals surface area contributed by atoms with Gasteiger partial charge in [0.05, 0.1) is 25.4 Å². The standard InChI is InChI=1S/C13H24N2O9/c1-6(17)15-9-7(18)4-13(12(21)22,23-3-2-14)24-11(9)10(20)8(19)5-16/h7-11,16,18-20H,2-5,14H2,1H3,(H,15,17)(H,21,22)/t7?,8?,9?,10?,11?,13-/m1/s1. The van der Waals surface area contributed by atoms with Crippen LogP contribution in [0.1, 0.15) is 13.3 Å². The molecular formula is C13H24N2O9. The van der Waals surface area contributed by atoms with Crippen molar-refractivity contribution in [2.24, 2.45) is 5.73 Å². The second-order valence-electron chi connectivity index (χ2n) is 5.52. The predicted octanol–water partition coefficient (Wildman–Crippen LogP) is -3.89. The molecule has 1 heterocycles. The van der Waals surface area contributed by atoms with E-state index in [0.717, 1.165) is 6.92 Å². The summed E-state index contributed by atoms with van der Waals surface area (Å²) in [5.41, 5.74) is 5.28. The van der Waals surface area contributed by atoms with Crippen LogP contribution in [0.2, 0.25) is 0 Å². The fraction of sp³-hybridized carbons (Fsp3) is 0.846. The van der Waals surface area contributed by atoms with Crippen molar-refractivity contribution in [3.05, 3.63) is 0 Å². The Labute approximate surface area is 138 Å². The monoisotopic (exact) mass is 352 g/mol. The first-order valence-corrected chi connectivity index (χ1v) is 7.36. The van der Waals surface area contributed by atoms with Crippen molar-refractivity contribution in [1.29, 1.82) is 0 Å². The Morgan fingerprint density at radius 2 is 2.08 bits per heavy atom. The van der Waals surface area contributed by atoms with Crippen molar-refractivity contribution in [2.75, 3.05) is 19.8 Å². The second kappa shape index (κ2) is 8.67. The molecule has 0 spiro atoms. The first kappa shape index (κ1) is 20.7. The van der Waals surface area contributed by atoms with Gasteiger partial charge in [0, 0.05) is 19.9 Å². The van der Waals surface area contributed by atoms with E-state index in [0.29, 0.717) is 0 Å². The van der Waals surface area contributed by atoms with E-state index in [1.54, 1.807) is 0 Å². The van der Waals surface area contributed by atoms with E-state index in [1.807, 2.05) is 0 Å². The Bertz CT molecular complexity index is 449. The van der Waals surface area contributed by atoms with Crippen LogP contribution in [0.5, 0.6) is 0 Å². The first-order valence-electron chi connectivity index (χ1n) is 7.36. The summed E-state index contributed by atoms with van der Waals surface area (Å²) in [7, 11) is 0. The number of rotatable bonds is 8. The fourth-order valence-electron chi connectivity index (χ4n) is 2.50. The van der Waals surface area contributed by atoms with Gasteiger partial charge >= 0.3 is 5.97 Å². The maximum absolute atomic E-state index is 11.6. The van der Waals surface area contributed by atoms with E-state index in [2.05, 4.69) is 5.32 Å². The molecule has 1 fully saturated rings. The minimum Gasteiger partial charge on any atom is -0.477 e. The van der Waals surface area contributed by atoms with Crippen LogP contribution >= 0.6 is 0 Å². The number of aliphatic carboxylic acids is 1. The van der Waals surface area contributed by atoms with E-state index in [-0.39, 0.29) is 13.2 Å². The van der Waals surface area contributed by atoms with Gasteiger partial charge in [0.15, 0.2) is 0 Å². The van der Waals surface area contributed by atoms with Gasteiger partial charge in [0.25, 0.3) is 5.79 Å². The number of carboxylic acid groups (broad SMARTS) is 1. The molecule has 1 rings (SSSR count). The zero-order valence-corrected chi connectivity index (χ0v) is 13.2. The van der Waals surface area contributed by atoms with Gasteiger partial charge in [-0.25, -0.2) is 4.79 Å². The van der Waals surface area contributed by atoms with Crippen LogP contribution in [0.25, 0.3) is 0 Å². The number of carbonyl (C=O) groups is 2. The summed E-state index contributed by atoms with van der Waals surface area (Å²) in [5.74, 6) is -4.44. The van der Waals surface area contributed by atoms with Crippen molar-refractivity contribution >= 4 is 11.9 Å². The number of nitrogens with two attached hydrogens (primary N) is 1. The molecule has 0 bridgehead atoms. The Morgan fingerprint density at radius 1 is 1.46 bits per heavy atom. The van der Waals surface area contributed by atoms with Crippen LogP contribution in [-0.4, -0.2) is 93.4 Å². The molecular weight excluding hydrogens is 328 g/mol. The molecule has 0 aliphatic carbocycles. The van der Waals surface area contributed by atoms with Crippen molar-refractivity contribution in [3.63, 3.8) is 0 Å². The molecule has 11 heteroatoms. The van der Waals surface area contributed by atoms with Crippen LogP contribution < -0.4 is 11.1 Å². The Morgan fingerprint density at radius 3 is 2.54 bits per heavy atom. The number of hydrogen-bond donors (Lipinski definition) is 7. The topological polar surface area (TPSA) is 192 Å². The maximum atomic E-state index is 11.6. The van der Waals surface area contributed by atoms with Gasteiger partial charge in [0.1, 0.15) is 18.3 Å². The van der Waals surface area contributed by atoms with Crippen LogP contribution in [0, 0.1) is 0 Å².